The minimum atomic E-state index is 0.370. The number of hydrogen-bond acceptors (Lipinski definition) is 0. The van der Waals surface area contributed by atoms with Crippen molar-refractivity contribution in [2.75, 3.05) is 0 Å². The van der Waals surface area contributed by atoms with E-state index in [0.717, 1.165) is 11.8 Å². The van der Waals surface area contributed by atoms with Crippen LogP contribution in [-0.2, 0) is 0 Å². The number of rotatable bonds is 6. The van der Waals surface area contributed by atoms with E-state index >= 15 is 0 Å². The lowest BCUT2D eigenvalue weighted by Gasteiger charge is -2.41. The summed E-state index contributed by atoms with van der Waals surface area (Å²) >= 11 is 0. The lowest BCUT2D eigenvalue weighted by atomic mass is 9.63. The van der Waals surface area contributed by atoms with Crippen LogP contribution >= 0.6 is 0 Å². The van der Waals surface area contributed by atoms with Crippen LogP contribution in [0.5, 0.6) is 0 Å². The molecule has 0 amide bonds. The zero-order valence-corrected chi connectivity index (χ0v) is 11.0. The van der Waals surface area contributed by atoms with E-state index in [1.807, 2.05) is 0 Å². The third kappa shape index (κ3) is 2.40. The minimum absolute atomic E-state index is 0.370. The Balaban J connectivity index is 4.88. The van der Waals surface area contributed by atoms with Crippen LogP contribution in [0.2, 0.25) is 0 Å². The quantitative estimate of drug-likeness (QED) is 0.521. The molecule has 0 rings (SSSR count). The zero-order chi connectivity index (χ0) is 11.4. The van der Waals surface area contributed by atoms with Crippen molar-refractivity contribution < 1.29 is 0 Å². The van der Waals surface area contributed by atoms with Gasteiger partial charge in [0.15, 0.2) is 0 Å². The average molecular weight is 196 g/mol. The third-order valence-corrected chi connectivity index (χ3v) is 4.48. The van der Waals surface area contributed by atoms with Gasteiger partial charge in [-0.3, -0.25) is 0 Å². The highest BCUT2D eigenvalue weighted by molar-refractivity contribution is 5.09. The molecule has 0 heteroatoms. The van der Waals surface area contributed by atoms with Crippen molar-refractivity contribution >= 4 is 0 Å². The zero-order valence-electron chi connectivity index (χ0n) is 11.0. The highest BCUT2D eigenvalue weighted by Crippen LogP contribution is 2.45. The molecule has 14 heavy (non-hydrogen) atoms. The van der Waals surface area contributed by atoms with Crippen molar-refractivity contribution in [3.63, 3.8) is 0 Å². The second kappa shape index (κ2) is 5.58. The Morgan fingerprint density at radius 3 is 1.79 bits per heavy atom. The average Bonchev–Trinajstić information content (AvgIpc) is 2.18. The summed E-state index contributed by atoms with van der Waals surface area (Å²) in [7, 11) is 0. The molecule has 2 unspecified atom stereocenters. The molecule has 84 valence electrons. The fourth-order valence-electron chi connectivity index (χ4n) is 2.78. The van der Waals surface area contributed by atoms with Gasteiger partial charge in [-0.2, -0.15) is 0 Å². The second-order valence-electron chi connectivity index (χ2n) is 4.82. The summed E-state index contributed by atoms with van der Waals surface area (Å²) in [5, 5.41) is 0. The molecule has 0 aliphatic rings. The molecule has 0 saturated heterocycles. The monoisotopic (exact) mass is 196 g/mol. The first-order chi connectivity index (χ1) is 6.46. The van der Waals surface area contributed by atoms with Crippen LogP contribution in [0.25, 0.3) is 0 Å². The molecular weight excluding hydrogens is 168 g/mol. The summed E-state index contributed by atoms with van der Waals surface area (Å²) in [4.78, 5) is 0. The molecule has 0 aliphatic heterocycles. The number of hydrogen-bond donors (Lipinski definition) is 0. The number of allylic oxidation sites excluding steroid dienone is 1. The molecule has 0 aromatic rings. The van der Waals surface area contributed by atoms with Crippen LogP contribution < -0.4 is 0 Å². The van der Waals surface area contributed by atoms with E-state index in [-0.39, 0.29) is 0 Å². The van der Waals surface area contributed by atoms with Gasteiger partial charge in [-0.25, -0.2) is 0 Å². The summed E-state index contributed by atoms with van der Waals surface area (Å²) in [6.45, 7) is 18.1. The summed E-state index contributed by atoms with van der Waals surface area (Å²) in [6.07, 6.45) is 3.73. The van der Waals surface area contributed by atoms with Crippen LogP contribution in [0.4, 0.5) is 0 Å². The molecule has 0 N–H and O–H groups in total. The third-order valence-electron chi connectivity index (χ3n) is 4.48. The van der Waals surface area contributed by atoms with Gasteiger partial charge in [0.05, 0.1) is 0 Å². The van der Waals surface area contributed by atoms with Gasteiger partial charge in [-0.1, -0.05) is 53.2 Å². The smallest absolute Gasteiger partial charge is 0.00706 e. The van der Waals surface area contributed by atoms with E-state index in [9.17, 15) is 0 Å². The Hall–Kier alpha value is -0.260. The molecule has 2 atom stereocenters. The maximum absolute atomic E-state index is 4.21. The molecule has 0 fully saturated rings. The van der Waals surface area contributed by atoms with Gasteiger partial charge in [0.2, 0.25) is 0 Å². The predicted octanol–water partition coefficient (Wildman–Crippen LogP) is 5.05. The van der Waals surface area contributed by atoms with Crippen LogP contribution in [0.15, 0.2) is 12.2 Å². The maximum atomic E-state index is 4.21. The van der Waals surface area contributed by atoms with E-state index < -0.39 is 0 Å². The van der Waals surface area contributed by atoms with Crippen LogP contribution in [0, 0.1) is 17.3 Å². The van der Waals surface area contributed by atoms with Gasteiger partial charge in [0, 0.05) is 0 Å². The molecule has 0 spiro atoms. The van der Waals surface area contributed by atoms with Gasteiger partial charge >= 0.3 is 0 Å². The summed E-state index contributed by atoms with van der Waals surface area (Å²) < 4.78 is 0. The first-order valence-corrected chi connectivity index (χ1v) is 6.12. The van der Waals surface area contributed by atoms with Crippen LogP contribution in [0.1, 0.15) is 60.8 Å². The van der Waals surface area contributed by atoms with Crippen LogP contribution in [0.3, 0.4) is 0 Å². The van der Waals surface area contributed by atoms with Crippen molar-refractivity contribution in [2.45, 2.75) is 60.8 Å². The van der Waals surface area contributed by atoms with Crippen LogP contribution in [-0.4, -0.2) is 0 Å². The van der Waals surface area contributed by atoms with Gasteiger partial charge < -0.3 is 0 Å². The molecule has 0 saturated carbocycles. The van der Waals surface area contributed by atoms with Crippen molar-refractivity contribution in [2.24, 2.45) is 17.3 Å². The Labute approximate surface area is 90.8 Å². The molecule has 0 bridgehead atoms. The van der Waals surface area contributed by atoms with Gasteiger partial charge in [0.25, 0.3) is 0 Å². The maximum Gasteiger partial charge on any atom is -0.00706 e. The van der Waals surface area contributed by atoms with E-state index in [1.54, 1.807) is 0 Å². The Morgan fingerprint density at radius 2 is 1.57 bits per heavy atom. The molecule has 0 aliphatic carbocycles. The largest absolute Gasteiger partial charge is 0.0996 e. The minimum Gasteiger partial charge on any atom is -0.0996 e. The summed E-state index contributed by atoms with van der Waals surface area (Å²) in [5.74, 6) is 1.55. The fourth-order valence-corrected chi connectivity index (χ4v) is 2.78. The Kier molecular flexibility index (Phi) is 5.48. The van der Waals surface area contributed by atoms with Gasteiger partial charge in [-0.05, 0) is 37.0 Å². The van der Waals surface area contributed by atoms with E-state index in [4.69, 9.17) is 0 Å². The highest BCUT2D eigenvalue weighted by Gasteiger charge is 2.35. The molecule has 0 aromatic carbocycles. The summed E-state index contributed by atoms with van der Waals surface area (Å²) in [6, 6.07) is 0. The molecule has 0 nitrogen and oxygen atoms in total. The van der Waals surface area contributed by atoms with E-state index in [0.29, 0.717) is 5.41 Å². The fraction of sp³-hybridized carbons (Fsp3) is 0.857. The van der Waals surface area contributed by atoms with E-state index in [2.05, 4.69) is 48.1 Å². The molecule has 0 radical (unpaired) electrons. The summed E-state index contributed by atoms with van der Waals surface area (Å²) in [5.41, 5.74) is 1.74. The second-order valence-corrected chi connectivity index (χ2v) is 4.82. The first kappa shape index (κ1) is 13.7. The SMILES string of the molecule is C=C(C)C(CC)(CC)C(C)C(C)CC. The van der Waals surface area contributed by atoms with Gasteiger partial charge in [0.1, 0.15) is 0 Å². The predicted molar refractivity (Wildman–Crippen MR) is 66.4 cm³/mol. The highest BCUT2D eigenvalue weighted by atomic mass is 14.4. The van der Waals surface area contributed by atoms with Crippen molar-refractivity contribution in [3.8, 4) is 0 Å². The first-order valence-electron chi connectivity index (χ1n) is 6.12. The van der Waals surface area contributed by atoms with Gasteiger partial charge in [-0.15, -0.1) is 0 Å². The lowest BCUT2D eigenvalue weighted by molar-refractivity contribution is 0.148. The standard InChI is InChI=1S/C14H28/c1-8-12(6)13(7)14(9-2,10-3)11(4)5/h12-13H,4,8-10H2,1-3,5-7H3. The van der Waals surface area contributed by atoms with E-state index in [1.165, 1.54) is 24.8 Å². The topological polar surface area (TPSA) is 0 Å². The lowest BCUT2D eigenvalue weighted by Crippen LogP contribution is -2.32. The Bertz CT molecular complexity index is 174. The molecular formula is C14H28. The van der Waals surface area contributed by atoms with Crippen molar-refractivity contribution in [1.82, 2.24) is 0 Å². The van der Waals surface area contributed by atoms with Crippen molar-refractivity contribution in [1.29, 1.82) is 0 Å². The van der Waals surface area contributed by atoms with Crippen molar-refractivity contribution in [3.05, 3.63) is 12.2 Å². The normalized spacial score (nSPS) is 16.4. The molecule has 0 aromatic heterocycles. The Morgan fingerprint density at radius 1 is 1.14 bits per heavy atom. The molecule has 0 heterocycles.